The van der Waals surface area contributed by atoms with Gasteiger partial charge in [0.25, 0.3) is 5.91 Å². The summed E-state index contributed by atoms with van der Waals surface area (Å²) in [6, 6.07) is 12.6. The average molecular weight is 390 g/mol. The van der Waals surface area contributed by atoms with E-state index in [2.05, 4.69) is 5.32 Å². The lowest BCUT2D eigenvalue weighted by Gasteiger charge is -2.37. The Bertz CT molecular complexity index is 837. The Kier molecular flexibility index (Phi) is 5.96. The van der Waals surface area contributed by atoms with E-state index in [0.29, 0.717) is 42.5 Å². The molecule has 0 bridgehead atoms. The van der Waals surface area contributed by atoms with Gasteiger partial charge in [0, 0.05) is 26.2 Å². The number of carbonyl (C=O) groups excluding carboxylic acids is 2. The highest BCUT2D eigenvalue weighted by Crippen LogP contribution is 2.20. The fourth-order valence-electron chi connectivity index (χ4n) is 3.13. The van der Waals surface area contributed by atoms with Gasteiger partial charge in [-0.25, -0.2) is 4.39 Å². The van der Waals surface area contributed by atoms with Crippen molar-refractivity contribution in [1.29, 1.82) is 0 Å². The van der Waals surface area contributed by atoms with Crippen LogP contribution >= 0.6 is 11.6 Å². The van der Waals surface area contributed by atoms with Crippen LogP contribution in [0.5, 0.6) is 0 Å². The lowest BCUT2D eigenvalue weighted by molar-refractivity contribution is -0.133. The third-order valence-corrected chi connectivity index (χ3v) is 4.95. The van der Waals surface area contributed by atoms with E-state index in [9.17, 15) is 14.0 Å². The van der Waals surface area contributed by atoms with E-state index in [1.807, 2.05) is 4.90 Å². The van der Waals surface area contributed by atoms with Gasteiger partial charge in [0.05, 0.1) is 16.3 Å². The number of rotatable bonds is 4. The van der Waals surface area contributed by atoms with Crippen molar-refractivity contribution >= 4 is 29.1 Å². The molecule has 0 aliphatic carbocycles. The van der Waals surface area contributed by atoms with Crippen LogP contribution < -0.4 is 10.2 Å². The zero-order chi connectivity index (χ0) is 19.4. The lowest BCUT2D eigenvalue weighted by Crippen LogP contribution is -2.54. The zero-order valence-electron chi connectivity index (χ0n) is 15.0. The first-order valence-corrected chi connectivity index (χ1v) is 9.19. The number of hydrogen-bond donors (Lipinski definition) is 1. The van der Waals surface area contributed by atoms with Gasteiger partial charge in [0.2, 0.25) is 5.91 Å². The van der Waals surface area contributed by atoms with E-state index in [1.165, 1.54) is 6.07 Å². The number of para-hydroxylation sites is 1. The molecule has 1 aliphatic heterocycles. The normalized spacial score (nSPS) is 15.4. The topological polar surface area (TPSA) is 52.7 Å². The number of piperazine rings is 1. The van der Waals surface area contributed by atoms with E-state index in [1.54, 1.807) is 54.3 Å². The Labute approximate surface area is 162 Å². The number of amides is 2. The first kappa shape index (κ1) is 19.2. The Morgan fingerprint density at radius 1 is 1.04 bits per heavy atom. The number of nitrogens with zero attached hydrogens (tertiary/aromatic N) is 2. The molecule has 1 fully saturated rings. The standard InChI is InChI=1S/C20H21ClFN3O2/c1-14(23-19(26)15-6-2-3-7-16(15)21)20(27)25-12-10-24(11-13-25)18-9-5-4-8-17(18)22/h2-9,14H,10-13H2,1H3,(H,23,26)/t14-/m0/s1. The maximum atomic E-state index is 13.9. The molecule has 2 aromatic carbocycles. The summed E-state index contributed by atoms with van der Waals surface area (Å²) in [5.74, 6) is -0.812. The molecular weight excluding hydrogens is 369 g/mol. The molecule has 0 spiro atoms. The van der Waals surface area contributed by atoms with E-state index in [0.717, 1.165) is 0 Å². The van der Waals surface area contributed by atoms with E-state index < -0.39 is 6.04 Å². The quantitative estimate of drug-likeness (QED) is 0.874. The van der Waals surface area contributed by atoms with Crippen molar-refractivity contribution in [1.82, 2.24) is 10.2 Å². The summed E-state index contributed by atoms with van der Waals surface area (Å²) in [5.41, 5.74) is 0.882. The van der Waals surface area contributed by atoms with Gasteiger partial charge < -0.3 is 15.1 Å². The minimum Gasteiger partial charge on any atom is -0.366 e. The summed E-state index contributed by atoms with van der Waals surface area (Å²) >= 11 is 6.03. The average Bonchev–Trinajstić information content (AvgIpc) is 2.68. The number of hydrogen-bond acceptors (Lipinski definition) is 3. The van der Waals surface area contributed by atoms with Crippen LogP contribution in [-0.2, 0) is 4.79 Å². The summed E-state index contributed by atoms with van der Waals surface area (Å²) < 4.78 is 13.9. The monoisotopic (exact) mass is 389 g/mol. The second kappa shape index (κ2) is 8.39. The second-order valence-electron chi connectivity index (χ2n) is 6.44. The van der Waals surface area contributed by atoms with Gasteiger partial charge >= 0.3 is 0 Å². The molecule has 1 heterocycles. The maximum Gasteiger partial charge on any atom is 0.253 e. The molecule has 0 radical (unpaired) electrons. The van der Waals surface area contributed by atoms with Crippen LogP contribution in [0, 0.1) is 5.82 Å². The summed E-state index contributed by atoms with van der Waals surface area (Å²) in [5, 5.41) is 3.04. The van der Waals surface area contributed by atoms with Gasteiger partial charge in [-0.1, -0.05) is 35.9 Å². The van der Waals surface area contributed by atoms with Crippen molar-refractivity contribution in [3.63, 3.8) is 0 Å². The number of benzene rings is 2. The third kappa shape index (κ3) is 4.39. The van der Waals surface area contributed by atoms with Gasteiger partial charge in [0.15, 0.2) is 0 Å². The highest BCUT2D eigenvalue weighted by atomic mass is 35.5. The SMILES string of the molecule is C[C@H](NC(=O)c1ccccc1Cl)C(=O)N1CCN(c2ccccc2F)CC1. The van der Waals surface area contributed by atoms with Crippen LogP contribution in [0.2, 0.25) is 5.02 Å². The molecule has 0 aromatic heterocycles. The Balaban J connectivity index is 1.56. The summed E-state index contributed by atoms with van der Waals surface area (Å²) in [6.07, 6.45) is 0. The van der Waals surface area contributed by atoms with Crippen molar-refractivity contribution in [2.45, 2.75) is 13.0 Å². The van der Waals surface area contributed by atoms with Gasteiger partial charge in [-0.2, -0.15) is 0 Å². The molecule has 1 saturated heterocycles. The first-order chi connectivity index (χ1) is 13.0. The minimum atomic E-state index is -0.672. The smallest absolute Gasteiger partial charge is 0.253 e. The van der Waals surface area contributed by atoms with Gasteiger partial charge in [-0.05, 0) is 31.2 Å². The fraction of sp³-hybridized carbons (Fsp3) is 0.300. The first-order valence-electron chi connectivity index (χ1n) is 8.81. The third-order valence-electron chi connectivity index (χ3n) is 4.62. The highest BCUT2D eigenvalue weighted by molar-refractivity contribution is 6.33. The predicted octanol–water partition coefficient (Wildman–Crippen LogP) is 2.95. The molecule has 1 N–H and O–H groups in total. The van der Waals surface area contributed by atoms with Crippen molar-refractivity contribution in [2.75, 3.05) is 31.1 Å². The molecule has 0 unspecified atom stereocenters. The van der Waals surface area contributed by atoms with Crippen LogP contribution in [0.1, 0.15) is 17.3 Å². The number of halogens is 2. The highest BCUT2D eigenvalue weighted by Gasteiger charge is 2.27. The van der Waals surface area contributed by atoms with Crippen molar-refractivity contribution in [3.8, 4) is 0 Å². The molecular formula is C20H21ClFN3O2. The van der Waals surface area contributed by atoms with Crippen LogP contribution in [-0.4, -0.2) is 48.9 Å². The van der Waals surface area contributed by atoms with E-state index >= 15 is 0 Å². The number of carbonyl (C=O) groups is 2. The van der Waals surface area contributed by atoms with Crippen molar-refractivity contribution in [3.05, 3.63) is 64.9 Å². The molecule has 0 saturated carbocycles. The lowest BCUT2D eigenvalue weighted by atomic mass is 10.1. The molecule has 2 aromatic rings. The van der Waals surface area contributed by atoms with Crippen molar-refractivity contribution < 1.29 is 14.0 Å². The summed E-state index contributed by atoms with van der Waals surface area (Å²) in [4.78, 5) is 28.6. The fourth-order valence-corrected chi connectivity index (χ4v) is 3.35. The van der Waals surface area contributed by atoms with Gasteiger partial charge in [0.1, 0.15) is 11.9 Å². The maximum absolute atomic E-state index is 13.9. The second-order valence-corrected chi connectivity index (χ2v) is 6.85. The van der Waals surface area contributed by atoms with E-state index in [-0.39, 0.29) is 17.6 Å². The summed E-state index contributed by atoms with van der Waals surface area (Å²) in [7, 11) is 0. The minimum absolute atomic E-state index is 0.163. The Hall–Kier alpha value is -2.60. The van der Waals surface area contributed by atoms with Crippen LogP contribution in [0.15, 0.2) is 48.5 Å². The van der Waals surface area contributed by atoms with Gasteiger partial charge in [-0.15, -0.1) is 0 Å². The Morgan fingerprint density at radius 3 is 2.33 bits per heavy atom. The molecule has 1 aliphatic rings. The number of anilines is 1. The molecule has 2 amide bonds. The molecule has 3 rings (SSSR count). The number of nitrogens with one attached hydrogen (secondary N) is 1. The largest absolute Gasteiger partial charge is 0.366 e. The van der Waals surface area contributed by atoms with Crippen molar-refractivity contribution in [2.24, 2.45) is 0 Å². The predicted molar refractivity (Wildman–Crippen MR) is 104 cm³/mol. The summed E-state index contributed by atoms with van der Waals surface area (Å²) in [6.45, 7) is 3.68. The van der Waals surface area contributed by atoms with Crippen LogP contribution in [0.3, 0.4) is 0 Å². The molecule has 5 nitrogen and oxygen atoms in total. The van der Waals surface area contributed by atoms with Gasteiger partial charge in [-0.3, -0.25) is 9.59 Å². The van der Waals surface area contributed by atoms with Crippen LogP contribution in [0.25, 0.3) is 0 Å². The molecule has 142 valence electrons. The molecule has 7 heteroatoms. The van der Waals surface area contributed by atoms with Crippen LogP contribution in [0.4, 0.5) is 10.1 Å². The molecule has 27 heavy (non-hydrogen) atoms. The molecule has 1 atom stereocenters. The zero-order valence-corrected chi connectivity index (χ0v) is 15.7. The Morgan fingerprint density at radius 2 is 1.67 bits per heavy atom. The van der Waals surface area contributed by atoms with E-state index in [4.69, 9.17) is 11.6 Å².